The zero-order valence-electron chi connectivity index (χ0n) is 8.61. The van der Waals surface area contributed by atoms with Crippen LogP contribution in [0.3, 0.4) is 0 Å². The van der Waals surface area contributed by atoms with Gasteiger partial charge in [-0.15, -0.1) is 0 Å². The molecule has 1 aromatic rings. The number of halogens is 1. The van der Waals surface area contributed by atoms with Crippen LogP contribution in [0.2, 0.25) is 0 Å². The first kappa shape index (κ1) is 11.9. The number of amides is 1. The number of benzene rings is 1. The molecule has 0 saturated heterocycles. The van der Waals surface area contributed by atoms with Gasteiger partial charge in [0.25, 0.3) is 0 Å². The number of carbonyl (C=O) groups is 1. The van der Waals surface area contributed by atoms with Crippen LogP contribution >= 0.6 is 0 Å². The number of methoxy groups -OCH3 is 1. The maximum absolute atomic E-state index is 13.2. The fourth-order valence-electron chi connectivity index (χ4n) is 1.14. The summed E-state index contributed by atoms with van der Waals surface area (Å²) in [6, 6.07) is 1.76. The Balaban J connectivity index is 3.28. The van der Waals surface area contributed by atoms with Crippen LogP contribution in [-0.4, -0.2) is 17.9 Å². The van der Waals surface area contributed by atoms with Crippen molar-refractivity contribution in [2.45, 2.75) is 6.92 Å². The minimum Gasteiger partial charge on any atom is -0.494 e. The summed E-state index contributed by atoms with van der Waals surface area (Å²) in [4.78, 5) is 20.4. The molecule has 1 amide bonds. The van der Waals surface area contributed by atoms with E-state index in [9.17, 15) is 19.3 Å². The van der Waals surface area contributed by atoms with Crippen LogP contribution < -0.4 is 10.1 Å². The molecule has 0 saturated carbocycles. The van der Waals surface area contributed by atoms with Crippen LogP contribution in [0, 0.1) is 15.9 Å². The molecule has 7 heteroatoms. The molecule has 0 unspecified atom stereocenters. The minimum absolute atomic E-state index is 0.0262. The third-order valence-electron chi connectivity index (χ3n) is 1.78. The van der Waals surface area contributed by atoms with Crippen LogP contribution in [0.15, 0.2) is 12.1 Å². The molecule has 0 radical (unpaired) electrons. The number of carbonyl (C=O) groups excluding carboxylic acids is 1. The molecule has 1 aromatic carbocycles. The van der Waals surface area contributed by atoms with Gasteiger partial charge in [0.2, 0.25) is 11.7 Å². The number of nitro benzene ring substituents is 1. The molecule has 16 heavy (non-hydrogen) atoms. The van der Waals surface area contributed by atoms with Crippen molar-refractivity contribution in [3.05, 3.63) is 28.1 Å². The Hall–Kier alpha value is -2.18. The van der Waals surface area contributed by atoms with E-state index < -0.39 is 22.3 Å². The average Bonchev–Trinajstić information content (AvgIpc) is 2.18. The number of nitro groups is 1. The Labute approximate surface area is 90.2 Å². The van der Waals surface area contributed by atoms with Gasteiger partial charge in [0.15, 0.2) is 0 Å². The fourth-order valence-corrected chi connectivity index (χ4v) is 1.14. The van der Waals surface area contributed by atoms with Crippen LogP contribution in [0.4, 0.5) is 15.8 Å². The lowest BCUT2D eigenvalue weighted by atomic mass is 10.2. The lowest BCUT2D eigenvalue weighted by Crippen LogP contribution is -2.08. The fraction of sp³-hybridized carbons (Fsp3) is 0.222. The van der Waals surface area contributed by atoms with Crippen molar-refractivity contribution in [3.8, 4) is 5.75 Å². The maximum Gasteiger partial charge on any atom is 0.307 e. The summed E-state index contributed by atoms with van der Waals surface area (Å²) >= 11 is 0. The molecule has 1 N–H and O–H groups in total. The van der Waals surface area contributed by atoms with Crippen molar-refractivity contribution in [2.75, 3.05) is 12.4 Å². The van der Waals surface area contributed by atoms with Gasteiger partial charge < -0.3 is 10.1 Å². The standard InChI is InChI=1S/C9H9FN2O4/c1-5(13)11-7-4-8(12(14)15)6(10)3-9(7)16-2/h3-4H,1-2H3,(H,11,13). The topological polar surface area (TPSA) is 81.5 Å². The Morgan fingerprint density at radius 2 is 2.19 bits per heavy atom. The third-order valence-corrected chi connectivity index (χ3v) is 1.78. The average molecular weight is 228 g/mol. The number of nitrogens with zero attached hydrogens (tertiary/aromatic N) is 1. The van der Waals surface area contributed by atoms with E-state index in [0.29, 0.717) is 0 Å². The molecule has 0 aliphatic rings. The number of anilines is 1. The summed E-state index contributed by atoms with van der Waals surface area (Å²) in [6.45, 7) is 1.23. The SMILES string of the molecule is COc1cc(F)c([N+](=O)[O-])cc1NC(C)=O. The first-order chi connectivity index (χ1) is 7.45. The molecule has 1 rings (SSSR count). The summed E-state index contributed by atoms with van der Waals surface area (Å²) in [7, 11) is 1.27. The van der Waals surface area contributed by atoms with Crippen LogP contribution in [0.25, 0.3) is 0 Å². The first-order valence-corrected chi connectivity index (χ1v) is 4.25. The van der Waals surface area contributed by atoms with Gasteiger partial charge in [-0.05, 0) is 0 Å². The van der Waals surface area contributed by atoms with Gasteiger partial charge >= 0.3 is 5.69 Å². The quantitative estimate of drug-likeness (QED) is 0.630. The largest absolute Gasteiger partial charge is 0.494 e. The summed E-state index contributed by atoms with van der Waals surface area (Å²) in [6.07, 6.45) is 0. The Kier molecular flexibility index (Phi) is 3.39. The van der Waals surface area contributed by atoms with E-state index in [0.717, 1.165) is 12.1 Å². The van der Waals surface area contributed by atoms with Crippen molar-refractivity contribution in [1.29, 1.82) is 0 Å². The molecular formula is C9H9FN2O4. The van der Waals surface area contributed by atoms with Gasteiger partial charge in [-0.2, -0.15) is 4.39 Å². The highest BCUT2D eigenvalue weighted by Crippen LogP contribution is 2.31. The molecule has 0 fully saturated rings. The van der Waals surface area contributed by atoms with E-state index in [1.165, 1.54) is 14.0 Å². The Bertz CT molecular complexity index is 447. The Morgan fingerprint density at radius 1 is 1.56 bits per heavy atom. The van der Waals surface area contributed by atoms with Gasteiger partial charge in [0.05, 0.1) is 17.7 Å². The van der Waals surface area contributed by atoms with Crippen molar-refractivity contribution >= 4 is 17.3 Å². The zero-order chi connectivity index (χ0) is 12.3. The summed E-state index contributed by atoms with van der Waals surface area (Å²) in [5.41, 5.74) is -0.660. The summed E-state index contributed by atoms with van der Waals surface area (Å²) in [5, 5.41) is 12.8. The molecule has 0 aliphatic carbocycles. The highest BCUT2D eigenvalue weighted by molar-refractivity contribution is 5.90. The molecule has 0 aliphatic heterocycles. The van der Waals surface area contributed by atoms with E-state index >= 15 is 0 Å². The summed E-state index contributed by atoms with van der Waals surface area (Å²) in [5.74, 6) is -1.42. The van der Waals surface area contributed by atoms with Gasteiger partial charge in [0.1, 0.15) is 5.75 Å². The van der Waals surface area contributed by atoms with E-state index in [1.54, 1.807) is 0 Å². The van der Waals surface area contributed by atoms with Gasteiger partial charge in [-0.3, -0.25) is 14.9 Å². The first-order valence-electron chi connectivity index (χ1n) is 4.25. The normalized spacial score (nSPS) is 9.69. The summed E-state index contributed by atoms with van der Waals surface area (Å²) < 4.78 is 18.0. The van der Waals surface area contributed by atoms with E-state index in [1.807, 2.05) is 0 Å². The molecule has 0 aromatic heterocycles. The number of hydrogen-bond donors (Lipinski definition) is 1. The molecule has 0 bridgehead atoms. The number of rotatable bonds is 3. The Morgan fingerprint density at radius 3 is 2.62 bits per heavy atom. The number of ether oxygens (including phenoxy) is 1. The van der Waals surface area contributed by atoms with E-state index in [-0.39, 0.29) is 11.4 Å². The minimum atomic E-state index is -1.02. The molecule has 0 atom stereocenters. The van der Waals surface area contributed by atoms with Crippen LogP contribution in [-0.2, 0) is 4.79 Å². The smallest absolute Gasteiger partial charge is 0.307 e. The van der Waals surface area contributed by atoms with Crippen molar-refractivity contribution in [2.24, 2.45) is 0 Å². The monoisotopic (exact) mass is 228 g/mol. The predicted molar refractivity (Wildman–Crippen MR) is 53.9 cm³/mol. The number of hydrogen-bond acceptors (Lipinski definition) is 4. The second-order valence-electron chi connectivity index (χ2n) is 2.94. The zero-order valence-corrected chi connectivity index (χ0v) is 8.61. The lowest BCUT2D eigenvalue weighted by Gasteiger charge is -2.08. The van der Waals surface area contributed by atoms with Crippen LogP contribution in [0.1, 0.15) is 6.92 Å². The molecule has 0 heterocycles. The third kappa shape index (κ3) is 2.44. The van der Waals surface area contributed by atoms with Gasteiger partial charge in [0, 0.05) is 19.1 Å². The highest BCUT2D eigenvalue weighted by atomic mass is 19.1. The maximum atomic E-state index is 13.2. The van der Waals surface area contributed by atoms with E-state index in [2.05, 4.69) is 5.32 Å². The molecule has 6 nitrogen and oxygen atoms in total. The van der Waals surface area contributed by atoms with Crippen molar-refractivity contribution in [3.63, 3.8) is 0 Å². The van der Waals surface area contributed by atoms with Crippen LogP contribution in [0.5, 0.6) is 5.75 Å². The highest BCUT2D eigenvalue weighted by Gasteiger charge is 2.19. The predicted octanol–water partition coefficient (Wildman–Crippen LogP) is 1.70. The van der Waals surface area contributed by atoms with Crippen molar-refractivity contribution in [1.82, 2.24) is 0 Å². The van der Waals surface area contributed by atoms with Gasteiger partial charge in [-0.1, -0.05) is 0 Å². The second kappa shape index (κ2) is 4.56. The number of nitrogens with one attached hydrogen (secondary N) is 1. The molecule has 86 valence electrons. The molecular weight excluding hydrogens is 219 g/mol. The second-order valence-corrected chi connectivity index (χ2v) is 2.94. The van der Waals surface area contributed by atoms with Gasteiger partial charge in [-0.25, -0.2) is 0 Å². The van der Waals surface area contributed by atoms with Crippen molar-refractivity contribution < 1.29 is 18.8 Å². The van der Waals surface area contributed by atoms with E-state index in [4.69, 9.17) is 4.74 Å². The lowest BCUT2D eigenvalue weighted by molar-refractivity contribution is -0.387. The molecule has 0 spiro atoms.